The molecule has 0 aliphatic heterocycles. The Bertz CT molecular complexity index is 417. The molecule has 174 valence electrons. The van der Waals surface area contributed by atoms with Crippen LogP contribution >= 0.6 is 0 Å². The second-order valence-corrected chi connectivity index (χ2v) is 10.6. The zero-order chi connectivity index (χ0) is 21.9. The van der Waals surface area contributed by atoms with Crippen LogP contribution in [0.5, 0.6) is 0 Å². The molecule has 0 aromatic heterocycles. The van der Waals surface area contributed by atoms with Gasteiger partial charge in [-0.25, -0.2) is 0 Å². The molecule has 2 unspecified atom stereocenters. The van der Waals surface area contributed by atoms with E-state index in [0.717, 1.165) is 19.4 Å². The lowest BCUT2D eigenvalue weighted by Gasteiger charge is -2.40. The van der Waals surface area contributed by atoms with Crippen LogP contribution in [-0.4, -0.2) is 47.4 Å². The summed E-state index contributed by atoms with van der Waals surface area (Å²) in [5.41, 5.74) is 0.274. The lowest BCUT2D eigenvalue weighted by Crippen LogP contribution is -2.45. The van der Waals surface area contributed by atoms with E-state index in [1.807, 2.05) is 0 Å². The molecular formula is C26H53NO2. The minimum absolute atomic E-state index is 0.0233. The molecule has 0 heterocycles. The first-order chi connectivity index (χ1) is 13.6. The molecule has 0 bridgehead atoms. The third-order valence-corrected chi connectivity index (χ3v) is 6.87. The van der Waals surface area contributed by atoms with Crippen molar-refractivity contribution in [1.82, 2.24) is 4.90 Å². The molecule has 3 heteroatoms. The van der Waals surface area contributed by atoms with Crippen LogP contribution in [0.15, 0.2) is 0 Å². The maximum absolute atomic E-state index is 6.29. The van der Waals surface area contributed by atoms with E-state index in [4.69, 9.17) is 9.47 Å². The summed E-state index contributed by atoms with van der Waals surface area (Å²) < 4.78 is 12.6. The molecule has 0 saturated heterocycles. The molecule has 2 atom stereocenters. The van der Waals surface area contributed by atoms with E-state index in [0.29, 0.717) is 18.3 Å². The summed E-state index contributed by atoms with van der Waals surface area (Å²) in [4.78, 5) is 2.67. The smallest absolute Gasteiger partial charge is 0.0630 e. The third kappa shape index (κ3) is 10.6. The van der Waals surface area contributed by atoms with Gasteiger partial charge in [0.25, 0.3) is 0 Å². The predicted molar refractivity (Wildman–Crippen MR) is 127 cm³/mol. The van der Waals surface area contributed by atoms with E-state index in [1.165, 1.54) is 64.3 Å². The van der Waals surface area contributed by atoms with Crippen molar-refractivity contribution in [3.8, 4) is 0 Å². The molecule has 0 aromatic carbocycles. The molecule has 1 fully saturated rings. The zero-order valence-electron chi connectivity index (χ0n) is 21.2. The van der Waals surface area contributed by atoms with Crippen LogP contribution in [0.2, 0.25) is 0 Å². The first-order valence-electron chi connectivity index (χ1n) is 12.7. The Kier molecular flexibility index (Phi) is 12.4. The topological polar surface area (TPSA) is 21.7 Å². The fourth-order valence-corrected chi connectivity index (χ4v) is 4.68. The van der Waals surface area contributed by atoms with Crippen LogP contribution in [-0.2, 0) is 9.47 Å². The van der Waals surface area contributed by atoms with Gasteiger partial charge < -0.3 is 9.47 Å². The normalized spacial score (nSPS) is 18.1. The molecule has 1 rings (SSSR count). The average molecular weight is 412 g/mol. The predicted octanol–water partition coefficient (Wildman–Crippen LogP) is 7.37. The van der Waals surface area contributed by atoms with Crippen LogP contribution in [0.3, 0.4) is 0 Å². The van der Waals surface area contributed by atoms with Crippen molar-refractivity contribution in [3.05, 3.63) is 0 Å². The Hall–Kier alpha value is -0.120. The van der Waals surface area contributed by atoms with Gasteiger partial charge in [0.1, 0.15) is 0 Å². The number of nitrogens with zero attached hydrogens (tertiary/aromatic N) is 1. The van der Waals surface area contributed by atoms with Crippen LogP contribution in [0.4, 0.5) is 0 Å². The van der Waals surface area contributed by atoms with Gasteiger partial charge in [0.05, 0.1) is 23.9 Å². The SMILES string of the molecule is CCCC(C)OC(CC)CCCC(C)(C)N(CC)CCCC(C)(C)OC1CCC1. The summed E-state index contributed by atoms with van der Waals surface area (Å²) in [5, 5.41) is 0. The highest BCUT2D eigenvalue weighted by molar-refractivity contribution is 4.83. The maximum Gasteiger partial charge on any atom is 0.0630 e. The Balaban J connectivity index is 2.36. The average Bonchev–Trinajstić information content (AvgIpc) is 2.61. The molecular weight excluding hydrogens is 358 g/mol. The Labute approximate surface area is 183 Å². The van der Waals surface area contributed by atoms with Crippen molar-refractivity contribution in [2.24, 2.45) is 0 Å². The van der Waals surface area contributed by atoms with E-state index in [1.54, 1.807) is 0 Å². The Morgan fingerprint density at radius 3 is 2.17 bits per heavy atom. The molecule has 0 spiro atoms. The van der Waals surface area contributed by atoms with Crippen LogP contribution in [0.1, 0.15) is 126 Å². The minimum Gasteiger partial charge on any atom is -0.375 e. The van der Waals surface area contributed by atoms with Crippen molar-refractivity contribution in [3.63, 3.8) is 0 Å². The second kappa shape index (κ2) is 13.3. The molecule has 0 N–H and O–H groups in total. The highest BCUT2D eigenvalue weighted by atomic mass is 16.5. The van der Waals surface area contributed by atoms with E-state index in [9.17, 15) is 0 Å². The second-order valence-electron chi connectivity index (χ2n) is 10.6. The molecule has 1 aliphatic carbocycles. The van der Waals surface area contributed by atoms with E-state index in [-0.39, 0.29) is 11.1 Å². The lowest BCUT2D eigenvalue weighted by molar-refractivity contribution is -0.107. The number of rotatable bonds is 17. The fraction of sp³-hybridized carbons (Fsp3) is 1.00. The fourth-order valence-electron chi connectivity index (χ4n) is 4.68. The minimum atomic E-state index is 0.0233. The van der Waals surface area contributed by atoms with Gasteiger partial charge in [-0.1, -0.05) is 27.2 Å². The summed E-state index contributed by atoms with van der Waals surface area (Å²) in [6.45, 7) is 20.7. The van der Waals surface area contributed by atoms with Gasteiger partial charge in [-0.05, 0) is 112 Å². The number of hydrogen-bond donors (Lipinski definition) is 0. The molecule has 0 aromatic rings. The number of hydrogen-bond acceptors (Lipinski definition) is 3. The van der Waals surface area contributed by atoms with Crippen molar-refractivity contribution in [1.29, 1.82) is 0 Å². The van der Waals surface area contributed by atoms with E-state index >= 15 is 0 Å². The van der Waals surface area contributed by atoms with Crippen LogP contribution in [0.25, 0.3) is 0 Å². The molecule has 0 radical (unpaired) electrons. The monoisotopic (exact) mass is 411 g/mol. The molecule has 0 amide bonds. The Morgan fingerprint density at radius 2 is 1.66 bits per heavy atom. The van der Waals surface area contributed by atoms with Crippen LogP contribution < -0.4 is 0 Å². The standard InChI is InChI=1S/C26H53NO2/c1-9-15-22(4)28-23(10-2)18-13-19-25(5,6)27(11-3)21-14-20-26(7,8)29-24-16-12-17-24/h22-24H,9-21H2,1-8H3. The summed E-state index contributed by atoms with van der Waals surface area (Å²) in [5.74, 6) is 0. The largest absolute Gasteiger partial charge is 0.375 e. The quantitative estimate of drug-likeness (QED) is 0.249. The Morgan fingerprint density at radius 1 is 0.966 bits per heavy atom. The zero-order valence-corrected chi connectivity index (χ0v) is 21.2. The summed E-state index contributed by atoms with van der Waals surface area (Å²) >= 11 is 0. The number of ether oxygens (including phenoxy) is 2. The highest BCUT2D eigenvalue weighted by Crippen LogP contribution is 2.30. The van der Waals surface area contributed by atoms with Crippen molar-refractivity contribution >= 4 is 0 Å². The molecule has 1 aliphatic rings. The van der Waals surface area contributed by atoms with Gasteiger partial charge in [-0.2, -0.15) is 0 Å². The van der Waals surface area contributed by atoms with Crippen LogP contribution in [0, 0.1) is 0 Å². The van der Waals surface area contributed by atoms with Gasteiger partial charge in [0.2, 0.25) is 0 Å². The first kappa shape index (κ1) is 26.9. The third-order valence-electron chi connectivity index (χ3n) is 6.87. The lowest BCUT2D eigenvalue weighted by atomic mass is 9.92. The maximum atomic E-state index is 6.29. The first-order valence-corrected chi connectivity index (χ1v) is 12.7. The van der Waals surface area contributed by atoms with Gasteiger partial charge in [0, 0.05) is 5.54 Å². The van der Waals surface area contributed by atoms with E-state index in [2.05, 4.69) is 60.3 Å². The van der Waals surface area contributed by atoms with E-state index < -0.39 is 0 Å². The summed E-state index contributed by atoms with van der Waals surface area (Å²) in [6.07, 6.45) is 14.8. The molecule has 1 saturated carbocycles. The molecule has 29 heavy (non-hydrogen) atoms. The van der Waals surface area contributed by atoms with Gasteiger partial charge in [-0.15, -0.1) is 0 Å². The van der Waals surface area contributed by atoms with Crippen molar-refractivity contribution < 1.29 is 9.47 Å². The highest BCUT2D eigenvalue weighted by Gasteiger charge is 2.29. The van der Waals surface area contributed by atoms with Gasteiger partial charge in [-0.3, -0.25) is 4.90 Å². The molecule has 3 nitrogen and oxygen atoms in total. The summed E-state index contributed by atoms with van der Waals surface area (Å²) in [7, 11) is 0. The van der Waals surface area contributed by atoms with Crippen molar-refractivity contribution in [2.75, 3.05) is 13.1 Å². The van der Waals surface area contributed by atoms with Gasteiger partial charge in [0.15, 0.2) is 0 Å². The van der Waals surface area contributed by atoms with Gasteiger partial charge >= 0.3 is 0 Å². The summed E-state index contributed by atoms with van der Waals surface area (Å²) in [6, 6.07) is 0. The van der Waals surface area contributed by atoms with Crippen molar-refractivity contribution in [2.45, 2.75) is 155 Å².